The van der Waals surface area contributed by atoms with E-state index in [-0.39, 0.29) is 18.6 Å². The van der Waals surface area contributed by atoms with Crippen LogP contribution in [0.4, 0.5) is 0 Å². The van der Waals surface area contributed by atoms with Gasteiger partial charge in [-0.1, -0.05) is 29.8 Å². The van der Waals surface area contributed by atoms with E-state index in [0.717, 1.165) is 0 Å². The smallest absolute Gasteiger partial charge is 0.319 e. The number of ether oxygens (including phenoxy) is 1. The molecule has 0 heterocycles. The molecule has 82 valence electrons. The van der Waals surface area contributed by atoms with Crippen LogP contribution in [0.1, 0.15) is 24.1 Å². The lowest BCUT2D eigenvalue weighted by molar-refractivity contribution is -0.139. The first-order valence-corrected chi connectivity index (χ1v) is 5.00. The molecule has 1 rings (SSSR count). The van der Waals surface area contributed by atoms with Crippen molar-refractivity contribution in [3.05, 3.63) is 35.4 Å². The molecular formula is C12H17NO2. The molecule has 0 saturated carbocycles. The number of benzene rings is 1. The summed E-state index contributed by atoms with van der Waals surface area (Å²) < 4.78 is 4.55. The zero-order valence-corrected chi connectivity index (χ0v) is 9.41. The SMILES string of the molecule is COC(=O)CN[C@H](C)c1ccc(C)cc1. The maximum Gasteiger partial charge on any atom is 0.319 e. The molecule has 3 nitrogen and oxygen atoms in total. The fourth-order valence-electron chi connectivity index (χ4n) is 1.28. The zero-order chi connectivity index (χ0) is 11.3. The van der Waals surface area contributed by atoms with Gasteiger partial charge in [-0.05, 0) is 19.4 Å². The normalized spacial score (nSPS) is 12.2. The summed E-state index contributed by atoms with van der Waals surface area (Å²) in [4.78, 5) is 10.9. The molecule has 0 aromatic heterocycles. The summed E-state index contributed by atoms with van der Waals surface area (Å²) in [7, 11) is 1.39. The molecule has 0 aliphatic rings. The third kappa shape index (κ3) is 3.72. The van der Waals surface area contributed by atoms with E-state index >= 15 is 0 Å². The van der Waals surface area contributed by atoms with Crippen LogP contribution in [0.15, 0.2) is 24.3 Å². The average molecular weight is 207 g/mol. The van der Waals surface area contributed by atoms with Gasteiger partial charge in [0.2, 0.25) is 0 Å². The molecule has 0 radical (unpaired) electrons. The highest BCUT2D eigenvalue weighted by Crippen LogP contribution is 2.12. The zero-order valence-electron chi connectivity index (χ0n) is 9.41. The van der Waals surface area contributed by atoms with Crippen molar-refractivity contribution in [2.45, 2.75) is 19.9 Å². The van der Waals surface area contributed by atoms with Gasteiger partial charge in [-0.25, -0.2) is 0 Å². The van der Waals surface area contributed by atoms with E-state index < -0.39 is 0 Å². The summed E-state index contributed by atoms with van der Waals surface area (Å²) in [5, 5.41) is 3.09. The Morgan fingerprint density at radius 1 is 1.40 bits per heavy atom. The minimum atomic E-state index is -0.242. The van der Waals surface area contributed by atoms with Gasteiger partial charge in [0.1, 0.15) is 0 Å². The van der Waals surface area contributed by atoms with Gasteiger partial charge >= 0.3 is 5.97 Å². The average Bonchev–Trinajstić information content (AvgIpc) is 2.26. The van der Waals surface area contributed by atoms with Crippen LogP contribution in [0.5, 0.6) is 0 Å². The fraction of sp³-hybridized carbons (Fsp3) is 0.417. The Hall–Kier alpha value is -1.35. The van der Waals surface area contributed by atoms with Gasteiger partial charge in [0, 0.05) is 6.04 Å². The minimum Gasteiger partial charge on any atom is -0.468 e. The van der Waals surface area contributed by atoms with Crippen LogP contribution in [-0.2, 0) is 9.53 Å². The number of methoxy groups -OCH3 is 1. The molecule has 1 aromatic carbocycles. The molecule has 0 unspecified atom stereocenters. The van der Waals surface area contributed by atoms with Crippen molar-refractivity contribution in [3.63, 3.8) is 0 Å². The second kappa shape index (κ2) is 5.51. The second-order valence-electron chi connectivity index (χ2n) is 3.59. The summed E-state index contributed by atoms with van der Waals surface area (Å²) in [5.74, 6) is -0.242. The summed E-state index contributed by atoms with van der Waals surface area (Å²) in [6.07, 6.45) is 0. The van der Waals surface area contributed by atoms with Crippen molar-refractivity contribution in [1.82, 2.24) is 5.32 Å². The second-order valence-corrected chi connectivity index (χ2v) is 3.59. The van der Waals surface area contributed by atoms with Gasteiger partial charge in [-0.2, -0.15) is 0 Å². The fourth-order valence-corrected chi connectivity index (χ4v) is 1.28. The molecule has 1 aromatic rings. The molecule has 0 bridgehead atoms. The van der Waals surface area contributed by atoms with E-state index in [4.69, 9.17) is 0 Å². The third-order valence-corrected chi connectivity index (χ3v) is 2.36. The number of esters is 1. The lowest BCUT2D eigenvalue weighted by Gasteiger charge is -2.13. The van der Waals surface area contributed by atoms with E-state index in [2.05, 4.69) is 41.2 Å². The highest BCUT2D eigenvalue weighted by atomic mass is 16.5. The van der Waals surface area contributed by atoms with Crippen LogP contribution in [-0.4, -0.2) is 19.6 Å². The lowest BCUT2D eigenvalue weighted by Crippen LogP contribution is -2.26. The first kappa shape index (κ1) is 11.7. The predicted molar refractivity (Wildman–Crippen MR) is 59.6 cm³/mol. The minimum absolute atomic E-state index is 0.157. The first-order valence-electron chi connectivity index (χ1n) is 5.00. The third-order valence-electron chi connectivity index (χ3n) is 2.36. The molecule has 0 fully saturated rings. The van der Waals surface area contributed by atoms with Gasteiger partial charge in [0.15, 0.2) is 0 Å². The van der Waals surface area contributed by atoms with Crippen molar-refractivity contribution in [3.8, 4) is 0 Å². The number of nitrogens with one attached hydrogen (secondary N) is 1. The Bertz CT molecular complexity index is 319. The van der Waals surface area contributed by atoms with Crippen molar-refractivity contribution in [2.24, 2.45) is 0 Å². The summed E-state index contributed by atoms with van der Waals surface area (Å²) >= 11 is 0. The van der Waals surface area contributed by atoms with Gasteiger partial charge in [-0.3, -0.25) is 4.79 Å². The number of carbonyl (C=O) groups excluding carboxylic acids is 1. The molecule has 0 aliphatic carbocycles. The first-order chi connectivity index (χ1) is 7.13. The standard InChI is InChI=1S/C12H17NO2/c1-9-4-6-11(7-5-9)10(2)13-8-12(14)15-3/h4-7,10,13H,8H2,1-3H3/t10-/m1/s1. The topological polar surface area (TPSA) is 38.3 Å². The van der Waals surface area contributed by atoms with Crippen LogP contribution in [0.2, 0.25) is 0 Å². The van der Waals surface area contributed by atoms with Gasteiger partial charge in [0.25, 0.3) is 0 Å². The predicted octanol–water partition coefficient (Wildman–Crippen LogP) is 1.82. The van der Waals surface area contributed by atoms with E-state index in [1.165, 1.54) is 18.2 Å². The van der Waals surface area contributed by atoms with Crippen molar-refractivity contribution in [1.29, 1.82) is 0 Å². The Kier molecular flexibility index (Phi) is 4.31. The van der Waals surface area contributed by atoms with E-state index in [1.54, 1.807) is 0 Å². The number of hydrogen-bond donors (Lipinski definition) is 1. The summed E-state index contributed by atoms with van der Waals surface area (Å²) in [6, 6.07) is 8.40. The number of aryl methyl sites for hydroxylation is 1. The van der Waals surface area contributed by atoms with Crippen molar-refractivity contribution >= 4 is 5.97 Å². The number of carbonyl (C=O) groups is 1. The summed E-state index contributed by atoms with van der Waals surface area (Å²) in [6.45, 7) is 4.31. The monoisotopic (exact) mass is 207 g/mol. The molecule has 0 saturated heterocycles. The van der Waals surface area contributed by atoms with Crippen LogP contribution < -0.4 is 5.32 Å². The van der Waals surface area contributed by atoms with Gasteiger partial charge < -0.3 is 10.1 Å². The lowest BCUT2D eigenvalue weighted by atomic mass is 10.1. The molecule has 0 amide bonds. The molecule has 0 spiro atoms. The highest BCUT2D eigenvalue weighted by Gasteiger charge is 2.06. The van der Waals surface area contributed by atoms with E-state index in [0.29, 0.717) is 0 Å². The van der Waals surface area contributed by atoms with Crippen LogP contribution in [0, 0.1) is 6.92 Å². The molecule has 1 N–H and O–H groups in total. The maximum atomic E-state index is 10.9. The molecule has 15 heavy (non-hydrogen) atoms. The molecule has 3 heteroatoms. The highest BCUT2D eigenvalue weighted by molar-refractivity contribution is 5.71. The largest absolute Gasteiger partial charge is 0.468 e. The molecule has 0 aliphatic heterocycles. The van der Waals surface area contributed by atoms with Gasteiger partial charge in [-0.15, -0.1) is 0 Å². The van der Waals surface area contributed by atoms with Crippen molar-refractivity contribution < 1.29 is 9.53 Å². The number of rotatable bonds is 4. The molecular weight excluding hydrogens is 190 g/mol. The van der Waals surface area contributed by atoms with Crippen molar-refractivity contribution in [2.75, 3.05) is 13.7 Å². The Morgan fingerprint density at radius 2 is 2.00 bits per heavy atom. The van der Waals surface area contributed by atoms with E-state index in [9.17, 15) is 4.79 Å². The van der Waals surface area contributed by atoms with Crippen LogP contribution >= 0.6 is 0 Å². The summed E-state index contributed by atoms with van der Waals surface area (Å²) in [5.41, 5.74) is 2.41. The maximum absolute atomic E-state index is 10.9. The Morgan fingerprint density at radius 3 is 2.53 bits per heavy atom. The van der Waals surface area contributed by atoms with E-state index in [1.807, 2.05) is 6.92 Å². The number of hydrogen-bond acceptors (Lipinski definition) is 3. The Labute approximate surface area is 90.4 Å². The van der Waals surface area contributed by atoms with Crippen LogP contribution in [0.3, 0.4) is 0 Å². The quantitative estimate of drug-likeness (QED) is 0.765. The Balaban J connectivity index is 2.50. The molecule has 1 atom stereocenters. The van der Waals surface area contributed by atoms with Crippen LogP contribution in [0.25, 0.3) is 0 Å². The van der Waals surface area contributed by atoms with Gasteiger partial charge in [0.05, 0.1) is 13.7 Å².